The van der Waals surface area contributed by atoms with Gasteiger partial charge in [0, 0.05) is 32.9 Å². The first kappa shape index (κ1) is 30.2. The fraction of sp³-hybridized carbons (Fsp3) is 0.222. The molecular weight excluding hydrogens is 471 g/mol. The van der Waals surface area contributed by atoms with E-state index >= 15 is 0 Å². The van der Waals surface area contributed by atoms with Crippen LogP contribution < -0.4 is 35.3 Å². The van der Waals surface area contributed by atoms with E-state index in [0.29, 0.717) is 29.9 Å². The minimum atomic E-state index is -4.67. The monoisotopic (exact) mass is 492 g/mol. The van der Waals surface area contributed by atoms with Crippen LogP contribution in [-0.2, 0) is 23.5 Å². The van der Waals surface area contributed by atoms with Gasteiger partial charge in [0.1, 0.15) is 5.75 Å². The van der Waals surface area contributed by atoms with Gasteiger partial charge >= 0.3 is 40.0 Å². The number of hydrogen-bond acceptors (Lipinski definition) is 9. The Balaban J connectivity index is 0.000000463. The summed E-state index contributed by atoms with van der Waals surface area (Å²) in [7, 11) is -1.16. The predicted octanol–water partition coefficient (Wildman–Crippen LogP) is -1.57. The number of rotatable bonds is 0. The summed E-state index contributed by atoms with van der Waals surface area (Å²) in [6.07, 6.45) is 0. The van der Waals surface area contributed by atoms with Crippen molar-refractivity contribution in [2.75, 3.05) is 19.8 Å². The number of carbonyl (C=O) groups excluding carboxylic acids is 2. The number of hydrogen-bond donors (Lipinski definition) is 4. The van der Waals surface area contributed by atoms with E-state index in [2.05, 4.69) is 0 Å². The Kier molecular flexibility index (Phi) is 12.0. The van der Waals surface area contributed by atoms with E-state index in [1.807, 2.05) is 18.2 Å². The Bertz CT molecular complexity index is 1030. The van der Waals surface area contributed by atoms with Gasteiger partial charge in [-0.25, -0.2) is 0 Å². The summed E-state index contributed by atoms with van der Waals surface area (Å²) < 4.78 is 31.6. The smallest absolute Gasteiger partial charge is 0.507 e. The summed E-state index contributed by atoms with van der Waals surface area (Å²) in [5, 5.41) is 18.4. The van der Waals surface area contributed by atoms with Crippen LogP contribution in [0.15, 0.2) is 41.7 Å². The van der Waals surface area contributed by atoms with Crippen LogP contribution in [-0.4, -0.2) is 58.3 Å². The zero-order valence-corrected chi connectivity index (χ0v) is 20.8. The number of nitrogen functional groups attached to an aromatic ring is 1. The van der Waals surface area contributed by atoms with E-state index in [1.54, 1.807) is 36.0 Å². The summed E-state index contributed by atoms with van der Waals surface area (Å²) in [6.45, 7) is 1.28. The van der Waals surface area contributed by atoms with Gasteiger partial charge in [-0.15, -0.1) is 5.34 Å². The van der Waals surface area contributed by atoms with Gasteiger partial charge in [-0.3, -0.25) is 18.7 Å². The molecule has 4 rings (SSSR count). The van der Waals surface area contributed by atoms with Crippen molar-refractivity contribution in [2.45, 2.75) is 13.1 Å². The van der Waals surface area contributed by atoms with Gasteiger partial charge in [-0.05, 0) is 23.3 Å². The third-order valence-corrected chi connectivity index (χ3v) is 4.25. The molecule has 2 aliphatic heterocycles. The van der Waals surface area contributed by atoms with Crippen molar-refractivity contribution in [3.63, 3.8) is 0 Å². The van der Waals surface area contributed by atoms with Crippen LogP contribution in [0.25, 0.3) is 0 Å². The molecule has 0 unspecified atom stereocenters. The summed E-state index contributed by atoms with van der Waals surface area (Å²) in [5.74, 6) is 0.0213. The second-order valence-electron chi connectivity index (χ2n) is 6.54. The number of amides is 2. The van der Waals surface area contributed by atoms with Crippen molar-refractivity contribution in [1.29, 1.82) is 0 Å². The molecule has 2 aliphatic rings. The average molecular weight is 492 g/mol. The summed E-state index contributed by atoms with van der Waals surface area (Å²) in [5.41, 5.74) is 9.34. The van der Waals surface area contributed by atoms with Crippen molar-refractivity contribution >= 4 is 27.9 Å². The number of phenols is 1. The second kappa shape index (κ2) is 13.1. The molecule has 0 atom stereocenters. The molecule has 2 aromatic carbocycles. The molecule has 0 saturated heterocycles. The first-order valence-electron chi connectivity index (χ1n) is 8.65. The molecule has 2 aromatic rings. The topological polar surface area (TPSA) is 214 Å². The van der Waals surface area contributed by atoms with Crippen molar-refractivity contribution in [3.8, 4) is 5.75 Å². The molecule has 13 nitrogen and oxygen atoms in total. The first-order chi connectivity index (χ1) is 14.8. The Labute approximate surface area is 211 Å². The summed E-state index contributed by atoms with van der Waals surface area (Å²) in [6, 6.07) is 10.7. The molecule has 15 heteroatoms. The molecule has 5 N–H and O–H groups in total. The van der Waals surface area contributed by atoms with Crippen molar-refractivity contribution in [3.05, 3.63) is 68.8 Å². The number of nitrogens with zero attached hydrogens (tertiary/aromatic N) is 3. The maximum absolute atomic E-state index is 11.5. The van der Waals surface area contributed by atoms with Gasteiger partial charge in [-0.2, -0.15) is 8.42 Å². The Hall–Kier alpha value is -2.75. The number of phenolic OH excluding ortho intramolecular Hbond substituents is 1. The molecular formula is C18H21N4NaO9S. The van der Waals surface area contributed by atoms with E-state index in [9.17, 15) is 14.7 Å². The third-order valence-electron chi connectivity index (χ3n) is 4.25. The van der Waals surface area contributed by atoms with Crippen molar-refractivity contribution in [2.24, 2.45) is 5.34 Å². The quantitative estimate of drug-likeness (QED) is 0.109. The molecule has 33 heavy (non-hydrogen) atoms. The SMILES string of the molecule is CN1Cc2cccc(N)c2C1=O.CN1Cc2cccc(O)c2C1=O.O=N[O-].O=S(=O)(O)O.[Na+]. The predicted molar refractivity (Wildman–Crippen MR) is 114 cm³/mol. The van der Waals surface area contributed by atoms with Crippen LogP contribution in [0.2, 0.25) is 0 Å². The molecule has 0 aromatic heterocycles. The number of fused-ring (bicyclic) bond motifs is 2. The minimum absolute atomic E-state index is 0. The molecule has 2 heterocycles. The van der Waals surface area contributed by atoms with Crippen LogP contribution in [0.3, 0.4) is 0 Å². The Morgan fingerprint density at radius 2 is 1.30 bits per heavy atom. The van der Waals surface area contributed by atoms with Crippen LogP contribution in [0.5, 0.6) is 5.75 Å². The van der Waals surface area contributed by atoms with E-state index in [1.165, 1.54) is 6.07 Å². The third kappa shape index (κ3) is 8.95. The number of anilines is 1. The summed E-state index contributed by atoms with van der Waals surface area (Å²) >= 11 is 0. The zero-order chi connectivity index (χ0) is 24.6. The zero-order valence-electron chi connectivity index (χ0n) is 18.0. The standard InChI is InChI=1S/C9H10N2O.C9H9NO2.HNO2.Na.H2O4S/c1-11-5-6-3-2-4-7(10)8(6)9(11)12;1-10-5-6-3-2-4-7(11)8(6)9(10)12;2-1-3;;1-5(2,3)4/h2-4H,5,10H2,1H3;2-4,11H,5H2,1H3;(H,2,3);;(H2,1,2,3,4)/q;;;+1;/p-1. The molecule has 0 saturated carbocycles. The van der Waals surface area contributed by atoms with Gasteiger partial charge < -0.3 is 30.8 Å². The van der Waals surface area contributed by atoms with Crippen LogP contribution in [0.4, 0.5) is 5.69 Å². The number of aromatic hydroxyl groups is 1. The average Bonchev–Trinajstić information content (AvgIpc) is 3.12. The second-order valence-corrected chi connectivity index (χ2v) is 7.43. The van der Waals surface area contributed by atoms with E-state index < -0.39 is 10.4 Å². The van der Waals surface area contributed by atoms with E-state index in [4.69, 9.17) is 33.4 Å². The van der Waals surface area contributed by atoms with Gasteiger partial charge in [0.15, 0.2) is 0 Å². The maximum atomic E-state index is 11.5. The fourth-order valence-corrected chi connectivity index (χ4v) is 3.01. The largest absolute Gasteiger partial charge is 1.00 e. The number of nitrogens with two attached hydrogens (primary N) is 1. The summed E-state index contributed by atoms with van der Waals surface area (Å²) in [4.78, 5) is 34.1. The molecule has 0 spiro atoms. The van der Waals surface area contributed by atoms with Crippen molar-refractivity contribution in [1.82, 2.24) is 9.80 Å². The molecule has 0 radical (unpaired) electrons. The first-order valence-corrected chi connectivity index (χ1v) is 10.1. The Morgan fingerprint density at radius 3 is 1.70 bits per heavy atom. The van der Waals surface area contributed by atoms with Gasteiger partial charge in [0.25, 0.3) is 11.8 Å². The molecule has 0 fully saturated rings. The number of carbonyl (C=O) groups is 2. The molecule has 174 valence electrons. The van der Waals surface area contributed by atoms with Crippen molar-refractivity contribution < 1.29 is 61.8 Å². The molecule has 0 bridgehead atoms. The molecule has 2 amide bonds. The molecule has 0 aliphatic carbocycles. The van der Waals surface area contributed by atoms with E-state index in [-0.39, 0.29) is 47.1 Å². The van der Waals surface area contributed by atoms with Crippen LogP contribution in [0, 0.1) is 10.1 Å². The van der Waals surface area contributed by atoms with E-state index in [0.717, 1.165) is 16.5 Å². The maximum Gasteiger partial charge on any atom is 1.00 e. The number of benzene rings is 2. The fourth-order valence-electron chi connectivity index (χ4n) is 3.01. The van der Waals surface area contributed by atoms with Crippen LogP contribution >= 0.6 is 0 Å². The normalized spacial score (nSPS) is 13.1. The van der Waals surface area contributed by atoms with Gasteiger partial charge in [0.2, 0.25) is 0 Å². The van der Waals surface area contributed by atoms with Gasteiger partial charge in [-0.1, -0.05) is 24.3 Å². The minimum Gasteiger partial charge on any atom is -0.507 e. The van der Waals surface area contributed by atoms with Gasteiger partial charge in [0.05, 0.1) is 11.1 Å². The van der Waals surface area contributed by atoms with Crippen LogP contribution in [0.1, 0.15) is 31.8 Å². The Morgan fingerprint density at radius 1 is 0.939 bits per heavy atom.